The number of hydrogen-bond acceptors (Lipinski definition) is 3. The molecule has 0 aliphatic heterocycles. The molecule has 21 heavy (non-hydrogen) atoms. The van der Waals surface area contributed by atoms with Crippen LogP contribution in [0.15, 0.2) is 53.3 Å². The number of benzene rings is 1. The van der Waals surface area contributed by atoms with Gasteiger partial charge in [-0.2, -0.15) is 0 Å². The summed E-state index contributed by atoms with van der Waals surface area (Å²) in [5, 5.41) is 8.64. The van der Waals surface area contributed by atoms with Gasteiger partial charge in [-0.1, -0.05) is 6.07 Å². The largest absolute Gasteiger partial charge is 0.478 e. The van der Waals surface area contributed by atoms with Crippen molar-refractivity contribution in [1.82, 2.24) is 4.98 Å². The lowest BCUT2D eigenvalue weighted by Crippen LogP contribution is -2.16. The van der Waals surface area contributed by atoms with Crippen molar-refractivity contribution in [2.45, 2.75) is 6.54 Å². The minimum absolute atomic E-state index is 0.769. The van der Waals surface area contributed by atoms with Crippen LogP contribution in [-0.4, -0.2) is 23.1 Å². The molecule has 0 radical (unpaired) electrons. The summed E-state index contributed by atoms with van der Waals surface area (Å²) in [4.78, 5) is 16.6. The Balaban J connectivity index is 2.15. The van der Waals surface area contributed by atoms with E-state index in [-0.39, 0.29) is 0 Å². The normalized spacial score (nSPS) is 10.8. The fourth-order valence-electron chi connectivity index (χ4n) is 1.95. The van der Waals surface area contributed by atoms with Crippen LogP contribution >= 0.6 is 15.9 Å². The molecule has 0 aliphatic rings. The Bertz CT molecular complexity index is 657. The van der Waals surface area contributed by atoms with E-state index < -0.39 is 5.97 Å². The van der Waals surface area contributed by atoms with Gasteiger partial charge in [0.25, 0.3) is 0 Å². The van der Waals surface area contributed by atoms with Crippen molar-refractivity contribution in [3.8, 4) is 0 Å². The summed E-state index contributed by atoms with van der Waals surface area (Å²) in [7, 11) is 2.01. The van der Waals surface area contributed by atoms with Crippen LogP contribution in [0.2, 0.25) is 0 Å². The predicted octanol–water partition coefficient (Wildman–Crippen LogP) is 3.58. The number of carbonyl (C=O) groups is 1. The monoisotopic (exact) mass is 346 g/mol. The van der Waals surface area contributed by atoms with Crippen molar-refractivity contribution in [3.63, 3.8) is 0 Å². The topological polar surface area (TPSA) is 53.4 Å². The molecule has 0 saturated heterocycles. The molecule has 0 unspecified atom stereocenters. The maximum Gasteiger partial charge on any atom is 0.328 e. The molecular weight excluding hydrogens is 332 g/mol. The highest BCUT2D eigenvalue weighted by atomic mass is 79.9. The lowest BCUT2D eigenvalue weighted by molar-refractivity contribution is -0.131. The number of carboxylic acid groups (broad SMARTS) is 1. The number of aromatic nitrogens is 1. The highest BCUT2D eigenvalue weighted by molar-refractivity contribution is 9.10. The summed E-state index contributed by atoms with van der Waals surface area (Å²) in [6.45, 7) is 0.769. The Kier molecular flexibility index (Phi) is 5.11. The number of rotatable bonds is 5. The molecule has 0 fully saturated rings. The SMILES string of the molecule is CN(Cc1ccncc1)c1ccc(/C=C/C(=O)O)cc1Br. The summed E-state index contributed by atoms with van der Waals surface area (Å²) in [5.74, 6) is -0.954. The Morgan fingerprint density at radius 1 is 1.33 bits per heavy atom. The third-order valence-corrected chi connectivity index (χ3v) is 3.61. The van der Waals surface area contributed by atoms with Gasteiger partial charge >= 0.3 is 5.97 Å². The lowest BCUT2D eigenvalue weighted by Gasteiger charge is -2.21. The minimum atomic E-state index is -0.954. The van der Waals surface area contributed by atoms with E-state index in [0.717, 1.165) is 28.3 Å². The number of carboxylic acids is 1. The quantitative estimate of drug-likeness (QED) is 0.840. The van der Waals surface area contributed by atoms with Crippen LogP contribution in [0.1, 0.15) is 11.1 Å². The molecule has 4 nitrogen and oxygen atoms in total. The zero-order valence-electron chi connectivity index (χ0n) is 11.5. The van der Waals surface area contributed by atoms with Gasteiger partial charge in [0.1, 0.15) is 0 Å². The third kappa shape index (κ3) is 4.43. The summed E-state index contributed by atoms with van der Waals surface area (Å²) < 4.78 is 0.923. The van der Waals surface area contributed by atoms with Gasteiger partial charge in [0.05, 0.1) is 5.69 Å². The van der Waals surface area contributed by atoms with Gasteiger partial charge < -0.3 is 10.0 Å². The fraction of sp³-hybridized carbons (Fsp3) is 0.125. The zero-order chi connectivity index (χ0) is 15.2. The van der Waals surface area contributed by atoms with E-state index >= 15 is 0 Å². The maximum absolute atomic E-state index is 10.5. The molecule has 0 spiro atoms. The Labute approximate surface area is 131 Å². The molecule has 1 N–H and O–H groups in total. The van der Waals surface area contributed by atoms with Crippen molar-refractivity contribution in [2.24, 2.45) is 0 Å². The van der Waals surface area contributed by atoms with Gasteiger partial charge in [-0.15, -0.1) is 0 Å². The summed E-state index contributed by atoms with van der Waals surface area (Å²) in [5.41, 5.74) is 3.05. The molecule has 108 valence electrons. The van der Waals surface area contributed by atoms with Gasteiger partial charge in [0.15, 0.2) is 0 Å². The minimum Gasteiger partial charge on any atom is -0.478 e. The molecule has 2 aromatic rings. The first-order valence-electron chi connectivity index (χ1n) is 6.37. The van der Waals surface area contributed by atoms with E-state index in [2.05, 4.69) is 25.8 Å². The first-order chi connectivity index (χ1) is 10.1. The first-order valence-corrected chi connectivity index (χ1v) is 7.16. The molecule has 2 rings (SSSR count). The van der Waals surface area contributed by atoms with Crippen molar-refractivity contribution >= 4 is 33.7 Å². The van der Waals surface area contributed by atoms with Gasteiger partial charge in [-0.05, 0) is 57.4 Å². The van der Waals surface area contributed by atoms with Crippen LogP contribution in [0.5, 0.6) is 0 Å². The van der Waals surface area contributed by atoms with E-state index in [0.29, 0.717) is 0 Å². The number of pyridine rings is 1. The summed E-state index contributed by atoms with van der Waals surface area (Å²) in [6, 6.07) is 9.72. The molecular formula is C16H15BrN2O2. The molecule has 1 heterocycles. The number of hydrogen-bond donors (Lipinski definition) is 1. The van der Waals surface area contributed by atoms with Crippen molar-refractivity contribution < 1.29 is 9.90 Å². The molecule has 0 atom stereocenters. The van der Waals surface area contributed by atoms with Gasteiger partial charge in [0, 0.05) is 36.5 Å². The van der Waals surface area contributed by atoms with E-state index in [1.54, 1.807) is 18.5 Å². The smallest absolute Gasteiger partial charge is 0.328 e. The lowest BCUT2D eigenvalue weighted by atomic mass is 10.1. The van der Waals surface area contributed by atoms with E-state index in [1.165, 1.54) is 5.56 Å². The number of halogens is 1. The standard InChI is InChI=1S/C16H15BrN2O2/c1-19(11-13-6-8-18-9-7-13)15-4-2-12(10-14(15)17)3-5-16(20)21/h2-10H,11H2,1H3,(H,20,21)/b5-3+. The maximum atomic E-state index is 10.5. The van der Waals surface area contributed by atoms with Gasteiger partial charge in [0.2, 0.25) is 0 Å². The highest BCUT2D eigenvalue weighted by Gasteiger charge is 2.07. The van der Waals surface area contributed by atoms with E-state index in [9.17, 15) is 4.79 Å². The van der Waals surface area contributed by atoms with Crippen molar-refractivity contribution in [1.29, 1.82) is 0 Å². The van der Waals surface area contributed by atoms with Gasteiger partial charge in [-0.25, -0.2) is 4.79 Å². The Hall–Kier alpha value is -2.14. The van der Waals surface area contributed by atoms with Crippen LogP contribution in [0.3, 0.4) is 0 Å². The second-order valence-electron chi connectivity index (χ2n) is 4.59. The van der Waals surface area contributed by atoms with Crippen molar-refractivity contribution in [2.75, 3.05) is 11.9 Å². The highest BCUT2D eigenvalue weighted by Crippen LogP contribution is 2.28. The molecule has 1 aromatic carbocycles. The number of nitrogens with zero attached hydrogens (tertiary/aromatic N) is 2. The number of anilines is 1. The molecule has 0 bridgehead atoms. The first kappa shape index (κ1) is 15.3. The summed E-state index contributed by atoms with van der Waals surface area (Å²) >= 11 is 3.53. The van der Waals surface area contributed by atoms with E-state index in [1.807, 2.05) is 37.4 Å². The van der Waals surface area contributed by atoms with E-state index in [4.69, 9.17) is 5.11 Å². The van der Waals surface area contributed by atoms with Crippen LogP contribution < -0.4 is 4.90 Å². The molecule has 0 amide bonds. The third-order valence-electron chi connectivity index (χ3n) is 2.97. The summed E-state index contributed by atoms with van der Waals surface area (Å²) in [6.07, 6.45) is 6.25. The molecule has 0 saturated carbocycles. The molecule has 5 heteroatoms. The Morgan fingerprint density at radius 2 is 2.05 bits per heavy atom. The van der Waals surface area contributed by atoms with Crippen LogP contribution in [-0.2, 0) is 11.3 Å². The fourth-order valence-corrected chi connectivity index (χ4v) is 2.65. The second kappa shape index (κ2) is 7.04. The Morgan fingerprint density at radius 3 is 2.67 bits per heavy atom. The molecule has 0 aliphatic carbocycles. The van der Waals surface area contributed by atoms with Gasteiger partial charge in [-0.3, -0.25) is 4.98 Å². The average Bonchev–Trinajstić information content (AvgIpc) is 2.46. The molecule has 1 aromatic heterocycles. The zero-order valence-corrected chi connectivity index (χ0v) is 13.1. The average molecular weight is 347 g/mol. The second-order valence-corrected chi connectivity index (χ2v) is 5.45. The van der Waals surface area contributed by atoms with Crippen LogP contribution in [0, 0.1) is 0 Å². The predicted molar refractivity (Wildman–Crippen MR) is 87.2 cm³/mol. The van der Waals surface area contributed by atoms with Crippen LogP contribution in [0.25, 0.3) is 6.08 Å². The number of aliphatic carboxylic acids is 1. The van der Waals surface area contributed by atoms with Crippen molar-refractivity contribution in [3.05, 3.63) is 64.4 Å². The van der Waals surface area contributed by atoms with Crippen LogP contribution in [0.4, 0.5) is 5.69 Å².